The van der Waals surface area contributed by atoms with Crippen LogP contribution in [0.2, 0.25) is 0 Å². The molecule has 0 fully saturated rings. The lowest BCUT2D eigenvalue weighted by Crippen LogP contribution is -2.19. The molecule has 0 aromatic rings. The van der Waals surface area contributed by atoms with E-state index < -0.39 is 12.0 Å². The van der Waals surface area contributed by atoms with Crippen molar-refractivity contribution < 1.29 is 15.0 Å². The lowest BCUT2D eigenvalue weighted by molar-refractivity contribution is -0.119. The minimum atomic E-state index is -0.690. The van der Waals surface area contributed by atoms with E-state index in [4.69, 9.17) is 15.9 Å². The van der Waals surface area contributed by atoms with Gasteiger partial charge in [-0.3, -0.25) is 4.79 Å². The molecule has 1 atom stereocenters. The van der Waals surface area contributed by atoms with Crippen molar-refractivity contribution in [2.24, 2.45) is 5.73 Å². The van der Waals surface area contributed by atoms with Gasteiger partial charge in [0.1, 0.15) is 0 Å². The number of hydrogen-bond donors (Lipinski definition) is 3. The van der Waals surface area contributed by atoms with Gasteiger partial charge < -0.3 is 15.9 Å². The van der Waals surface area contributed by atoms with E-state index in [1.165, 1.54) is 0 Å². The van der Waals surface area contributed by atoms with Gasteiger partial charge >= 0.3 is 0 Å². The first kappa shape index (κ1) is 9.39. The van der Waals surface area contributed by atoms with Crippen LogP contribution in [0.25, 0.3) is 0 Å². The van der Waals surface area contributed by atoms with E-state index in [0.717, 1.165) is 0 Å². The quantitative estimate of drug-likeness (QED) is 0.466. The summed E-state index contributed by atoms with van der Waals surface area (Å²) in [5, 5.41) is 17.3. The van der Waals surface area contributed by atoms with E-state index in [-0.39, 0.29) is 13.0 Å². The second-order valence-electron chi connectivity index (χ2n) is 2.19. The van der Waals surface area contributed by atoms with Crippen LogP contribution in [0.15, 0.2) is 0 Å². The maximum absolute atomic E-state index is 10.2. The van der Waals surface area contributed by atoms with Gasteiger partial charge in [-0.05, 0) is 12.8 Å². The van der Waals surface area contributed by atoms with Gasteiger partial charge in [-0.15, -0.1) is 0 Å². The Balaban J connectivity index is 3.25. The van der Waals surface area contributed by atoms with Gasteiger partial charge in [0.25, 0.3) is 0 Å². The van der Waals surface area contributed by atoms with Crippen LogP contribution in [-0.4, -0.2) is 28.8 Å². The van der Waals surface area contributed by atoms with Crippen LogP contribution in [0.4, 0.5) is 0 Å². The zero-order valence-electron chi connectivity index (χ0n) is 5.79. The van der Waals surface area contributed by atoms with Crippen LogP contribution in [0, 0.1) is 0 Å². The minimum absolute atomic E-state index is 0.0139. The molecule has 0 saturated carbocycles. The highest BCUT2D eigenvalue weighted by molar-refractivity contribution is 5.74. The molecular weight excluding hydrogens is 134 g/mol. The van der Waals surface area contributed by atoms with E-state index >= 15 is 0 Å². The van der Waals surface area contributed by atoms with Gasteiger partial charge in [-0.1, -0.05) is 0 Å². The van der Waals surface area contributed by atoms with E-state index in [0.29, 0.717) is 12.8 Å². The lowest BCUT2D eigenvalue weighted by atomic mass is 10.1. The Bertz CT molecular complexity index is 105. The molecule has 60 valence electrons. The normalized spacial score (nSPS) is 13.0. The van der Waals surface area contributed by atoms with Gasteiger partial charge in [-0.25, -0.2) is 0 Å². The van der Waals surface area contributed by atoms with Crippen molar-refractivity contribution in [3.8, 4) is 0 Å². The van der Waals surface area contributed by atoms with Crippen LogP contribution in [-0.2, 0) is 4.79 Å². The smallest absolute Gasteiger partial charge is 0.220 e. The largest absolute Gasteiger partial charge is 0.396 e. The number of aliphatic hydroxyl groups is 2. The Morgan fingerprint density at radius 2 is 2.20 bits per heavy atom. The Morgan fingerprint density at radius 3 is 2.60 bits per heavy atom. The topological polar surface area (TPSA) is 83.6 Å². The van der Waals surface area contributed by atoms with Crippen LogP contribution in [0.1, 0.15) is 19.3 Å². The second-order valence-corrected chi connectivity index (χ2v) is 2.19. The van der Waals surface area contributed by atoms with Gasteiger partial charge in [0.05, 0.1) is 12.5 Å². The number of primary amides is 1. The molecule has 0 spiro atoms. The van der Waals surface area contributed by atoms with Crippen molar-refractivity contribution in [2.45, 2.75) is 25.4 Å². The summed E-state index contributed by atoms with van der Waals surface area (Å²) in [6.07, 6.45) is 0.234. The maximum Gasteiger partial charge on any atom is 0.220 e. The zero-order valence-corrected chi connectivity index (χ0v) is 5.79. The molecule has 0 aliphatic carbocycles. The molecule has 4 N–H and O–H groups in total. The summed E-state index contributed by atoms with van der Waals surface area (Å²) in [5.74, 6) is -0.509. The number of amides is 1. The van der Waals surface area contributed by atoms with E-state index in [1.54, 1.807) is 0 Å². The van der Waals surface area contributed by atoms with Crippen molar-refractivity contribution >= 4 is 5.91 Å². The van der Waals surface area contributed by atoms with Crippen LogP contribution in [0.3, 0.4) is 0 Å². The summed E-state index contributed by atoms with van der Waals surface area (Å²) in [5.41, 5.74) is 4.80. The van der Waals surface area contributed by atoms with Crippen molar-refractivity contribution in [3.63, 3.8) is 0 Å². The maximum atomic E-state index is 10.2. The number of aliphatic hydroxyl groups excluding tert-OH is 2. The molecule has 0 aliphatic heterocycles. The summed E-state index contributed by atoms with van der Waals surface area (Å²) in [6, 6.07) is 0. The molecule has 0 radical (unpaired) electrons. The Morgan fingerprint density at radius 1 is 1.60 bits per heavy atom. The average molecular weight is 147 g/mol. The molecule has 4 nitrogen and oxygen atoms in total. The molecule has 0 heterocycles. The van der Waals surface area contributed by atoms with Crippen LogP contribution >= 0.6 is 0 Å². The Labute approximate surface area is 59.7 Å². The summed E-state index contributed by atoms with van der Waals surface area (Å²) >= 11 is 0. The van der Waals surface area contributed by atoms with Crippen molar-refractivity contribution in [2.75, 3.05) is 6.61 Å². The molecule has 10 heavy (non-hydrogen) atoms. The summed E-state index contributed by atoms with van der Waals surface area (Å²) in [7, 11) is 0. The first-order valence-electron chi connectivity index (χ1n) is 3.24. The van der Waals surface area contributed by atoms with E-state index in [2.05, 4.69) is 0 Å². The third kappa shape index (κ3) is 5.53. The van der Waals surface area contributed by atoms with Gasteiger partial charge in [0.15, 0.2) is 0 Å². The molecule has 1 unspecified atom stereocenters. The third-order valence-corrected chi connectivity index (χ3v) is 1.13. The second kappa shape index (κ2) is 5.20. The first-order valence-corrected chi connectivity index (χ1v) is 3.24. The van der Waals surface area contributed by atoms with E-state index in [1.807, 2.05) is 0 Å². The van der Waals surface area contributed by atoms with Gasteiger partial charge in [0, 0.05) is 6.61 Å². The highest BCUT2D eigenvalue weighted by Crippen LogP contribution is 1.99. The molecule has 0 saturated heterocycles. The fraction of sp³-hybridized carbons (Fsp3) is 0.833. The van der Waals surface area contributed by atoms with Crippen molar-refractivity contribution in [3.05, 3.63) is 0 Å². The molecule has 1 amide bonds. The summed E-state index contributed by atoms with van der Waals surface area (Å²) in [6.45, 7) is 0.0375. The van der Waals surface area contributed by atoms with E-state index in [9.17, 15) is 4.79 Å². The molecule has 0 rings (SSSR count). The third-order valence-electron chi connectivity index (χ3n) is 1.13. The Hall–Kier alpha value is -0.610. The summed E-state index contributed by atoms with van der Waals surface area (Å²) < 4.78 is 0. The standard InChI is InChI=1S/C6H13NO3/c7-6(10)4-5(9)2-1-3-8/h5,8-9H,1-4H2,(H2,7,10). The fourth-order valence-corrected chi connectivity index (χ4v) is 0.661. The highest BCUT2D eigenvalue weighted by atomic mass is 16.3. The molecule has 0 bridgehead atoms. The fourth-order valence-electron chi connectivity index (χ4n) is 0.661. The molecule has 4 heteroatoms. The monoisotopic (exact) mass is 147 g/mol. The number of carbonyl (C=O) groups excluding carboxylic acids is 1. The molecule has 0 aromatic heterocycles. The average Bonchev–Trinajstić information content (AvgIpc) is 1.82. The molecular formula is C6H13NO3. The SMILES string of the molecule is NC(=O)CC(O)CCCO. The lowest BCUT2D eigenvalue weighted by Gasteiger charge is -2.05. The number of rotatable bonds is 5. The predicted molar refractivity (Wildman–Crippen MR) is 36.1 cm³/mol. The van der Waals surface area contributed by atoms with Crippen LogP contribution in [0.5, 0.6) is 0 Å². The van der Waals surface area contributed by atoms with Crippen LogP contribution < -0.4 is 5.73 Å². The number of nitrogens with two attached hydrogens (primary N) is 1. The predicted octanol–water partition coefficient (Wildman–Crippen LogP) is -1.00. The Kier molecular flexibility index (Phi) is 4.88. The highest BCUT2D eigenvalue weighted by Gasteiger charge is 2.06. The molecule has 0 aliphatic rings. The van der Waals surface area contributed by atoms with Gasteiger partial charge in [0.2, 0.25) is 5.91 Å². The first-order chi connectivity index (χ1) is 4.66. The van der Waals surface area contributed by atoms with Crippen molar-refractivity contribution in [1.29, 1.82) is 0 Å². The molecule has 0 aromatic carbocycles. The zero-order chi connectivity index (χ0) is 7.98. The number of carbonyl (C=O) groups is 1. The minimum Gasteiger partial charge on any atom is -0.396 e. The number of hydrogen-bond acceptors (Lipinski definition) is 3. The summed E-state index contributed by atoms with van der Waals surface area (Å²) in [4.78, 5) is 10.2. The van der Waals surface area contributed by atoms with Crippen molar-refractivity contribution in [1.82, 2.24) is 0 Å². The van der Waals surface area contributed by atoms with Gasteiger partial charge in [-0.2, -0.15) is 0 Å².